The third-order valence-electron chi connectivity index (χ3n) is 4.15. The number of nitrogens with one attached hydrogen (secondary N) is 1. The number of carbonyl (C=O) groups is 1. The average Bonchev–Trinajstić information content (AvgIpc) is 3.01. The Morgan fingerprint density at radius 1 is 1.27 bits per heavy atom. The number of carbonyl (C=O) groups excluding carboxylic acids is 1. The minimum Gasteiger partial charge on any atom is -0.497 e. The molecule has 0 amide bonds. The maximum absolute atomic E-state index is 12.0. The van der Waals surface area contributed by atoms with Crippen molar-refractivity contribution in [3.05, 3.63) is 23.8 Å². The van der Waals surface area contributed by atoms with Gasteiger partial charge in [0.25, 0.3) is 0 Å². The van der Waals surface area contributed by atoms with Crippen LogP contribution in [0.1, 0.15) is 31.7 Å². The van der Waals surface area contributed by atoms with E-state index in [2.05, 4.69) is 5.32 Å². The van der Waals surface area contributed by atoms with Gasteiger partial charge in [0, 0.05) is 24.2 Å². The highest BCUT2D eigenvalue weighted by Gasteiger charge is 2.33. The molecule has 1 aliphatic rings. The van der Waals surface area contributed by atoms with E-state index in [-0.39, 0.29) is 17.9 Å². The maximum Gasteiger partial charge on any atom is 0.310 e. The number of benzene rings is 1. The van der Waals surface area contributed by atoms with Gasteiger partial charge in [-0.15, -0.1) is 0 Å². The molecule has 0 heterocycles. The summed E-state index contributed by atoms with van der Waals surface area (Å²) in [7, 11) is 3.28. The van der Waals surface area contributed by atoms with Gasteiger partial charge in [0.15, 0.2) is 0 Å². The van der Waals surface area contributed by atoms with Crippen LogP contribution in [0.25, 0.3) is 0 Å². The van der Waals surface area contributed by atoms with Gasteiger partial charge in [0.2, 0.25) is 0 Å². The van der Waals surface area contributed by atoms with Crippen LogP contribution in [0.2, 0.25) is 0 Å². The van der Waals surface area contributed by atoms with Crippen molar-refractivity contribution in [2.24, 2.45) is 5.92 Å². The first-order chi connectivity index (χ1) is 10.7. The summed E-state index contributed by atoms with van der Waals surface area (Å²) in [6, 6.07) is 5.94. The number of methoxy groups -OCH3 is 2. The lowest BCUT2D eigenvalue weighted by molar-refractivity contribution is -0.148. The number of ether oxygens (including phenoxy) is 3. The molecule has 0 aliphatic heterocycles. The van der Waals surface area contributed by atoms with Crippen molar-refractivity contribution in [2.75, 3.05) is 20.8 Å². The van der Waals surface area contributed by atoms with Gasteiger partial charge in [-0.1, -0.05) is 12.5 Å². The Balaban J connectivity index is 1.98. The highest BCUT2D eigenvalue weighted by atomic mass is 16.5. The number of rotatable bonds is 7. The molecule has 2 rings (SSSR count). The normalized spacial score (nSPS) is 20.7. The van der Waals surface area contributed by atoms with Crippen molar-refractivity contribution in [3.8, 4) is 11.5 Å². The molecule has 1 fully saturated rings. The van der Waals surface area contributed by atoms with Crippen molar-refractivity contribution in [1.82, 2.24) is 5.32 Å². The van der Waals surface area contributed by atoms with Crippen molar-refractivity contribution >= 4 is 5.97 Å². The highest BCUT2D eigenvalue weighted by Crippen LogP contribution is 2.29. The molecule has 1 aliphatic carbocycles. The van der Waals surface area contributed by atoms with Crippen molar-refractivity contribution in [1.29, 1.82) is 0 Å². The second kappa shape index (κ2) is 8.03. The monoisotopic (exact) mass is 307 g/mol. The third kappa shape index (κ3) is 3.91. The van der Waals surface area contributed by atoms with E-state index in [1.54, 1.807) is 14.2 Å². The fourth-order valence-corrected chi connectivity index (χ4v) is 2.97. The Kier molecular flexibility index (Phi) is 6.07. The molecule has 5 nitrogen and oxygen atoms in total. The summed E-state index contributed by atoms with van der Waals surface area (Å²) in [6.07, 6.45) is 2.96. The van der Waals surface area contributed by atoms with Crippen molar-refractivity contribution < 1.29 is 19.0 Å². The minimum atomic E-state index is -0.0841. The molecular formula is C17H25NO4. The number of hydrogen-bond acceptors (Lipinski definition) is 5. The van der Waals surface area contributed by atoms with Crippen LogP contribution in [0.3, 0.4) is 0 Å². The summed E-state index contributed by atoms with van der Waals surface area (Å²) in [5.74, 6) is 1.44. The van der Waals surface area contributed by atoms with E-state index in [1.165, 1.54) is 0 Å². The second-order valence-electron chi connectivity index (χ2n) is 5.45. The summed E-state index contributed by atoms with van der Waals surface area (Å²) < 4.78 is 15.8. The van der Waals surface area contributed by atoms with E-state index in [1.807, 2.05) is 25.1 Å². The Morgan fingerprint density at radius 3 is 2.77 bits per heavy atom. The molecule has 0 saturated heterocycles. The second-order valence-corrected chi connectivity index (χ2v) is 5.45. The zero-order chi connectivity index (χ0) is 15.9. The van der Waals surface area contributed by atoms with Crippen LogP contribution in [0.4, 0.5) is 0 Å². The predicted molar refractivity (Wildman–Crippen MR) is 84.1 cm³/mol. The summed E-state index contributed by atoms with van der Waals surface area (Å²) in [5, 5.41) is 3.48. The van der Waals surface area contributed by atoms with Crippen LogP contribution in [0.5, 0.6) is 11.5 Å². The van der Waals surface area contributed by atoms with Crippen LogP contribution in [0, 0.1) is 5.92 Å². The molecule has 2 atom stereocenters. The van der Waals surface area contributed by atoms with Gasteiger partial charge in [0.1, 0.15) is 11.5 Å². The Bertz CT molecular complexity index is 503. The van der Waals surface area contributed by atoms with E-state index in [4.69, 9.17) is 14.2 Å². The van der Waals surface area contributed by atoms with Crippen molar-refractivity contribution in [3.63, 3.8) is 0 Å². The molecular weight excluding hydrogens is 282 g/mol. The molecule has 122 valence electrons. The first kappa shape index (κ1) is 16.6. The molecule has 0 bridgehead atoms. The minimum absolute atomic E-state index is 0.0378. The standard InChI is InChI=1S/C17H25NO4/c1-4-22-17(19)14-6-5-7-15(14)18-11-12-8-9-13(20-2)10-16(12)21-3/h8-10,14-15,18H,4-7,11H2,1-3H3. The Labute approximate surface area is 131 Å². The number of hydrogen-bond donors (Lipinski definition) is 1. The summed E-state index contributed by atoms with van der Waals surface area (Å²) >= 11 is 0. The van der Waals surface area contributed by atoms with Crippen LogP contribution in [-0.4, -0.2) is 32.8 Å². The molecule has 0 spiro atoms. The molecule has 2 unspecified atom stereocenters. The lowest BCUT2D eigenvalue weighted by atomic mass is 10.0. The van der Waals surface area contributed by atoms with E-state index < -0.39 is 0 Å². The van der Waals surface area contributed by atoms with E-state index >= 15 is 0 Å². The van der Waals surface area contributed by atoms with E-state index in [0.29, 0.717) is 13.2 Å². The Morgan fingerprint density at radius 2 is 2.09 bits per heavy atom. The van der Waals surface area contributed by atoms with Gasteiger partial charge in [-0.2, -0.15) is 0 Å². The molecule has 1 aromatic rings. The molecule has 0 aromatic heterocycles. The van der Waals surface area contributed by atoms with Crippen LogP contribution >= 0.6 is 0 Å². The van der Waals surface area contributed by atoms with Gasteiger partial charge >= 0.3 is 5.97 Å². The first-order valence-electron chi connectivity index (χ1n) is 7.80. The SMILES string of the molecule is CCOC(=O)C1CCCC1NCc1ccc(OC)cc1OC. The maximum atomic E-state index is 12.0. The van der Waals surface area contributed by atoms with Crippen LogP contribution in [-0.2, 0) is 16.1 Å². The van der Waals surface area contributed by atoms with Crippen LogP contribution < -0.4 is 14.8 Å². The Hall–Kier alpha value is -1.75. The van der Waals surface area contributed by atoms with Crippen LogP contribution in [0.15, 0.2) is 18.2 Å². The fourth-order valence-electron chi connectivity index (χ4n) is 2.97. The molecule has 22 heavy (non-hydrogen) atoms. The largest absolute Gasteiger partial charge is 0.497 e. The van der Waals surface area contributed by atoms with E-state index in [0.717, 1.165) is 36.3 Å². The average molecular weight is 307 g/mol. The molecule has 0 radical (unpaired) electrons. The zero-order valence-corrected chi connectivity index (χ0v) is 13.6. The topological polar surface area (TPSA) is 56.8 Å². The quantitative estimate of drug-likeness (QED) is 0.785. The lowest BCUT2D eigenvalue weighted by Crippen LogP contribution is -2.36. The molecule has 5 heteroatoms. The summed E-state index contributed by atoms with van der Waals surface area (Å²) in [6.45, 7) is 2.94. The van der Waals surface area contributed by atoms with E-state index in [9.17, 15) is 4.79 Å². The molecule has 1 aromatic carbocycles. The number of esters is 1. The fraction of sp³-hybridized carbons (Fsp3) is 0.588. The first-order valence-corrected chi connectivity index (χ1v) is 7.80. The lowest BCUT2D eigenvalue weighted by Gasteiger charge is -2.20. The summed E-state index contributed by atoms with van der Waals surface area (Å²) in [4.78, 5) is 12.0. The molecule has 1 N–H and O–H groups in total. The van der Waals surface area contributed by atoms with Gasteiger partial charge in [-0.3, -0.25) is 4.79 Å². The van der Waals surface area contributed by atoms with Gasteiger partial charge < -0.3 is 19.5 Å². The van der Waals surface area contributed by atoms with Gasteiger partial charge in [-0.25, -0.2) is 0 Å². The highest BCUT2D eigenvalue weighted by molar-refractivity contribution is 5.73. The van der Waals surface area contributed by atoms with Crippen molar-refractivity contribution in [2.45, 2.75) is 38.8 Å². The smallest absolute Gasteiger partial charge is 0.310 e. The predicted octanol–water partition coefficient (Wildman–Crippen LogP) is 2.53. The van der Waals surface area contributed by atoms with Gasteiger partial charge in [0.05, 0.1) is 26.7 Å². The third-order valence-corrected chi connectivity index (χ3v) is 4.15. The summed E-state index contributed by atoms with van der Waals surface area (Å²) in [5.41, 5.74) is 1.05. The zero-order valence-electron chi connectivity index (χ0n) is 13.6. The molecule has 1 saturated carbocycles. The van der Waals surface area contributed by atoms with Gasteiger partial charge in [-0.05, 0) is 25.8 Å².